The average molecular weight is 427 g/mol. The molecular weight excluding hydrogens is 402 g/mol. The average Bonchev–Trinajstić information content (AvgIpc) is 2.80. The van der Waals surface area contributed by atoms with E-state index in [0.717, 1.165) is 6.42 Å². The molecule has 0 spiro atoms. The maximum atomic E-state index is 12.9. The number of rotatable bonds is 9. The Balaban J connectivity index is 2.29. The van der Waals surface area contributed by atoms with Crippen molar-refractivity contribution < 1.29 is 28.5 Å². The van der Waals surface area contributed by atoms with Gasteiger partial charge in [0.05, 0.1) is 32.0 Å². The van der Waals surface area contributed by atoms with Crippen molar-refractivity contribution in [3.8, 4) is 22.9 Å². The van der Waals surface area contributed by atoms with Gasteiger partial charge in [-0.2, -0.15) is 0 Å². The molecule has 0 saturated heterocycles. The maximum Gasteiger partial charge on any atom is 0.343 e. The van der Waals surface area contributed by atoms with E-state index < -0.39 is 11.4 Å². The molecule has 0 fully saturated rings. The van der Waals surface area contributed by atoms with E-state index in [1.807, 2.05) is 13.0 Å². The van der Waals surface area contributed by atoms with E-state index in [-0.39, 0.29) is 12.4 Å². The fourth-order valence-corrected chi connectivity index (χ4v) is 3.11. The molecule has 8 heteroatoms. The lowest BCUT2D eigenvalue weighted by Gasteiger charge is -2.16. The van der Waals surface area contributed by atoms with Gasteiger partial charge in [0.25, 0.3) is 0 Å². The van der Waals surface area contributed by atoms with Crippen LogP contribution < -0.4 is 19.6 Å². The highest BCUT2D eigenvalue weighted by atomic mass is 16.7. The summed E-state index contributed by atoms with van der Waals surface area (Å²) in [7, 11) is 4.32. The topological polar surface area (TPSA) is 85.2 Å². The van der Waals surface area contributed by atoms with Crippen LogP contribution in [-0.2, 0) is 9.47 Å². The highest BCUT2D eigenvalue weighted by Crippen LogP contribution is 2.29. The first-order chi connectivity index (χ1) is 15.0. The van der Waals surface area contributed by atoms with Crippen molar-refractivity contribution in [2.75, 3.05) is 34.7 Å². The standard InChI is InChI=1S/C23H25NO7/c1-5-8-30-18-10-15(9-17(11-18)28-3)24-13-20(23(26)29-4)22(25)19-7-6-16(12-21(19)24)31-14-27-2/h6-7,9-13H,5,8,14H2,1-4H3. The number of ether oxygens (including phenoxy) is 5. The van der Waals surface area contributed by atoms with Gasteiger partial charge >= 0.3 is 5.97 Å². The van der Waals surface area contributed by atoms with E-state index in [0.29, 0.717) is 40.4 Å². The number of pyridine rings is 1. The van der Waals surface area contributed by atoms with Crippen LogP contribution in [0.4, 0.5) is 0 Å². The Morgan fingerprint density at radius 2 is 1.74 bits per heavy atom. The fraction of sp³-hybridized carbons (Fsp3) is 0.304. The molecule has 0 bridgehead atoms. The molecular formula is C23H25NO7. The Labute approximate surface area is 179 Å². The van der Waals surface area contributed by atoms with Crippen LogP contribution in [0, 0.1) is 0 Å². The van der Waals surface area contributed by atoms with Gasteiger partial charge in [-0.1, -0.05) is 6.92 Å². The summed E-state index contributed by atoms with van der Waals surface area (Å²) in [6, 6.07) is 10.3. The highest BCUT2D eigenvalue weighted by molar-refractivity contribution is 5.94. The third kappa shape index (κ3) is 4.80. The zero-order chi connectivity index (χ0) is 22.4. The lowest BCUT2D eigenvalue weighted by atomic mass is 10.1. The van der Waals surface area contributed by atoms with E-state index in [2.05, 4.69) is 0 Å². The quantitative estimate of drug-likeness (QED) is 0.381. The Kier molecular flexibility index (Phi) is 7.15. The second-order valence-corrected chi connectivity index (χ2v) is 6.68. The van der Waals surface area contributed by atoms with Gasteiger partial charge in [0.2, 0.25) is 5.43 Å². The van der Waals surface area contributed by atoms with Crippen LogP contribution in [0.1, 0.15) is 23.7 Å². The first-order valence-corrected chi connectivity index (χ1v) is 9.74. The van der Waals surface area contributed by atoms with Crippen LogP contribution in [0.15, 0.2) is 47.4 Å². The molecule has 3 aromatic rings. The normalized spacial score (nSPS) is 10.7. The summed E-state index contributed by atoms with van der Waals surface area (Å²) in [6.07, 6.45) is 2.30. The van der Waals surface area contributed by atoms with E-state index >= 15 is 0 Å². The predicted octanol–water partition coefficient (Wildman–Crippen LogP) is 3.56. The molecule has 0 aliphatic rings. The number of carbonyl (C=O) groups is 1. The van der Waals surface area contributed by atoms with Gasteiger partial charge in [0.15, 0.2) is 6.79 Å². The van der Waals surface area contributed by atoms with Crippen LogP contribution in [0.3, 0.4) is 0 Å². The largest absolute Gasteiger partial charge is 0.497 e. The second-order valence-electron chi connectivity index (χ2n) is 6.68. The second kappa shape index (κ2) is 9.99. The molecule has 0 amide bonds. The molecule has 0 unspecified atom stereocenters. The van der Waals surface area contributed by atoms with Gasteiger partial charge in [0.1, 0.15) is 22.8 Å². The van der Waals surface area contributed by atoms with Crippen LogP contribution in [-0.4, -0.2) is 45.3 Å². The third-order valence-corrected chi connectivity index (χ3v) is 4.58. The lowest BCUT2D eigenvalue weighted by Crippen LogP contribution is -2.19. The summed E-state index contributed by atoms with van der Waals surface area (Å²) < 4.78 is 28.2. The van der Waals surface area contributed by atoms with E-state index in [9.17, 15) is 9.59 Å². The van der Waals surface area contributed by atoms with Crippen LogP contribution in [0.5, 0.6) is 17.2 Å². The molecule has 0 aliphatic heterocycles. The van der Waals surface area contributed by atoms with Gasteiger partial charge in [-0.25, -0.2) is 4.79 Å². The summed E-state index contributed by atoms with van der Waals surface area (Å²) >= 11 is 0. The van der Waals surface area contributed by atoms with E-state index in [1.165, 1.54) is 20.4 Å². The maximum absolute atomic E-state index is 12.9. The molecule has 164 valence electrons. The van der Waals surface area contributed by atoms with Crippen LogP contribution in [0.25, 0.3) is 16.6 Å². The molecule has 31 heavy (non-hydrogen) atoms. The predicted molar refractivity (Wildman–Crippen MR) is 116 cm³/mol. The summed E-state index contributed by atoms with van der Waals surface area (Å²) in [4.78, 5) is 25.2. The van der Waals surface area contributed by atoms with Crippen molar-refractivity contribution in [3.05, 3.63) is 58.4 Å². The van der Waals surface area contributed by atoms with Crippen LogP contribution >= 0.6 is 0 Å². The monoisotopic (exact) mass is 427 g/mol. The van der Waals surface area contributed by atoms with Crippen LogP contribution in [0.2, 0.25) is 0 Å². The lowest BCUT2D eigenvalue weighted by molar-refractivity contribution is 0.0512. The highest BCUT2D eigenvalue weighted by Gasteiger charge is 2.18. The van der Waals surface area contributed by atoms with Crippen molar-refractivity contribution in [2.24, 2.45) is 0 Å². The third-order valence-electron chi connectivity index (χ3n) is 4.58. The number of aromatic nitrogens is 1. The van der Waals surface area contributed by atoms with Gasteiger partial charge in [-0.15, -0.1) is 0 Å². The van der Waals surface area contributed by atoms with Crippen molar-refractivity contribution in [1.82, 2.24) is 4.57 Å². The Morgan fingerprint density at radius 3 is 2.42 bits per heavy atom. The molecule has 0 aliphatic carbocycles. The summed E-state index contributed by atoms with van der Waals surface area (Å²) in [5.74, 6) is 0.973. The number of esters is 1. The number of carbonyl (C=O) groups excluding carboxylic acids is 1. The summed E-state index contributed by atoms with van der Waals surface area (Å²) in [5, 5.41) is 0.339. The van der Waals surface area contributed by atoms with Crippen molar-refractivity contribution in [2.45, 2.75) is 13.3 Å². The van der Waals surface area contributed by atoms with E-state index in [1.54, 1.807) is 42.0 Å². The minimum absolute atomic E-state index is 0.0597. The molecule has 0 saturated carbocycles. The zero-order valence-corrected chi connectivity index (χ0v) is 18.0. The number of benzene rings is 2. The van der Waals surface area contributed by atoms with Gasteiger partial charge in [0, 0.05) is 43.0 Å². The molecule has 0 atom stereocenters. The molecule has 0 N–H and O–H groups in total. The Morgan fingerprint density at radius 1 is 0.968 bits per heavy atom. The number of hydrogen-bond donors (Lipinski definition) is 0. The zero-order valence-electron chi connectivity index (χ0n) is 18.0. The Bertz CT molecular complexity index is 1140. The summed E-state index contributed by atoms with van der Waals surface area (Å²) in [6.45, 7) is 2.62. The minimum atomic E-state index is -0.717. The number of hydrogen-bond acceptors (Lipinski definition) is 7. The van der Waals surface area contributed by atoms with Gasteiger partial charge in [-0.3, -0.25) is 4.79 Å². The number of fused-ring (bicyclic) bond motifs is 1. The SMILES string of the molecule is CCCOc1cc(OC)cc(-n2cc(C(=O)OC)c(=O)c3ccc(OCOC)cc32)c1. The smallest absolute Gasteiger partial charge is 0.343 e. The number of methoxy groups -OCH3 is 3. The van der Waals surface area contributed by atoms with Crippen molar-refractivity contribution >= 4 is 16.9 Å². The van der Waals surface area contributed by atoms with Gasteiger partial charge in [-0.05, 0) is 18.6 Å². The van der Waals surface area contributed by atoms with Crippen molar-refractivity contribution in [3.63, 3.8) is 0 Å². The van der Waals surface area contributed by atoms with Crippen molar-refractivity contribution in [1.29, 1.82) is 0 Å². The Hall–Kier alpha value is -3.52. The summed E-state index contributed by atoms with van der Waals surface area (Å²) in [5.41, 5.74) is 0.673. The van der Waals surface area contributed by atoms with Gasteiger partial charge < -0.3 is 28.3 Å². The first kappa shape index (κ1) is 22.2. The first-order valence-electron chi connectivity index (χ1n) is 9.74. The molecule has 1 heterocycles. The minimum Gasteiger partial charge on any atom is -0.497 e. The fourth-order valence-electron chi connectivity index (χ4n) is 3.11. The van der Waals surface area contributed by atoms with E-state index in [4.69, 9.17) is 23.7 Å². The molecule has 8 nitrogen and oxygen atoms in total. The molecule has 0 radical (unpaired) electrons. The molecule has 3 rings (SSSR count). The number of nitrogens with zero attached hydrogens (tertiary/aromatic N) is 1. The molecule has 2 aromatic carbocycles. The molecule has 1 aromatic heterocycles.